The summed E-state index contributed by atoms with van der Waals surface area (Å²) in [7, 11) is 1.66. The molecule has 4 aromatic rings. The number of methoxy groups -OCH3 is 1. The first-order valence-corrected chi connectivity index (χ1v) is 10.8. The number of fused-ring (bicyclic) bond motifs is 1. The zero-order valence-corrected chi connectivity index (χ0v) is 19.7. The van der Waals surface area contributed by atoms with Gasteiger partial charge in [-0.15, -0.1) is 0 Å². The van der Waals surface area contributed by atoms with Crippen LogP contribution in [0.3, 0.4) is 0 Å². The molecule has 0 unspecified atom stereocenters. The van der Waals surface area contributed by atoms with Crippen LogP contribution in [0.1, 0.15) is 31.9 Å². The highest BCUT2D eigenvalue weighted by atomic mass is 35.5. The Labute approximate surface area is 197 Å². The average molecular weight is 465 g/mol. The molecule has 2 N–H and O–H groups in total. The Kier molecular flexibility index (Phi) is 6.35. The van der Waals surface area contributed by atoms with Crippen molar-refractivity contribution in [1.29, 1.82) is 0 Å². The lowest BCUT2D eigenvalue weighted by atomic mass is 9.94. The molecular formula is C25H25ClN4O3. The van der Waals surface area contributed by atoms with E-state index in [2.05, 4.69) is 20.3 Å². The molecule has 0 saturated heterocycles. The Morgan fingerprint density at radius 2 is 1.88 bits per heavy atom. The third-order valence-corrected chi connectivity index (χ3v) is 5.48. The Morgan fingerprint density at radius 3 is 2.58 bits per heavy atom. The molecule has 8 heteroatoms. The molecule has 0 atom stereocenters. The molecule has 2 aromatic carbocycles. The van der Waals surface area contributed by atoms with Gasteiger partial charge >= 0.3 is 6.01 Å². The molecule has 2 aromatic heterocycles. The van der Waals surface area contributed by atoms with Crippen molar-refractivity contribution < 1.29 is 14.3 Å². The van der Waals surface area contributed by atoms with Crippen molar-refractivity contribution in [3.8, 4) is 23.0 Å². The van der Waals surface area contributed by atoms with Gasteiger partial charge in [0.25, 0.3) is 0 Å². The quantitative estimate of drug-likeness (QED) is 0.372. The lowest BCUT2D eigenvalue weighted by Crippen LogP contribution is -2.39. The van der Waals surface area contributed by atoms with Gasteiger partial charge in [0, 0.05) is 19.6 Å². The summed E-state index contributed by atoms with van der Waals surface area (Å²) in [5, 5.41) is 3.44. The van der Waals surface area contributed by atoms with Gasteiger partial charge in [-0.1, -0.05) is 41.9 Å². The minimum Gasteiger partial charge on any atom is -0.426 e. The van der Waals surface area contributed by atoms with E-state index in [9.17, 15) is 4.79 Å². The SMILES string of the molecule is COCc1cccc(-c2nc3nc(Oc4ccc(C(C)(C)NC(C)=O)cc4)[nH]c3cc2Cl)c1. The summed E-state index contributed by atoms with van der Waals surface area (Å²) in [6, 6.07) is 17.5. The van der Waals surface area contributed by atoms with Gasteiger partial charge in [-0.3, -0.25) is 4.79 Å². The summed E-state index contributed by atoms with van der Waals surface area (Å²) in [5.74, 6) is 0.522. The maximum atomic E-state index is 11.4. The van der Waals surface area contributed by atoms with Crippen LogP contribution < -0.4 is 10.1 Å². The molecule has 33 heavy (non-hydrogen) atoms. The summed E-state index contributed by atoms with van der Waals surface area (Å²) in [4.78, 5) is 23.7. The predicted molar refractivity (Wildman–Crippen MR) is 128 cm³/mol. The maximum Gasteiger partial charge on any atom is 0.301 e. The number of nitrogens with zero attached hydrogens (tertiary/aromatic N) is 2. The lowest BCUT2D eigenvalue weighted by molar-refractivity contribution is -0.120. The molecule has 0 fully saturated rings. The number of carbonyl (C=O) groups excluding carboxylic acids is 1. The molecule has 0 radical (unpaired) electrons. The fraction of sp³-hybridized carbons (Fsp3) is 0.240. The fourth-order valence-electron chi connectivity index (χ4n) is 3.69. The molecule has 0 aliphatic carbocycles. The van der Waals surface area contributed by atoms with Crippen LogP contribution in [0.4, 0.5) is 0 Å². The van der Waals surface area contributed by atoms with Crippen LogP contribution in [-0.4, -0.2) is 28.0 Å². The zero-order chi connectivity index (χ0) is 23.6. The van der Waals surface area contributed by atoms with E-state index in [1.807, 2.05) is 62.4 Å². The Balaban J connectivity index is 1.58. The number of nitrogens with one attached hydrogen (secondary N) is 2. The number of hydrogen-bond acceptors (Lipinski definition) is 5. The third kappa shape index (κ3) is 5.16. The van der Waals surface area contributed by atoms with Gasteiger partial charge in [-0.25, -0.2) is 4.98 Å². The largest absolute Gasteiger partial charge is 0.426 e. The van der Waals surface area contributed by atoms with Crippen LogP contribution in [-0.2, 0) is 21.7 Å². The number of ether oxygens (including phenoxy) is 2. The van der Waals surface area contributed by atoms with Gasteiger partial charge in [-0.2, -0.15) is 4.98 Å². The van der Waals surface area contributed by atoms with Crippen molar-refractivity contribution in [3.05, 3.63) is 70.7 Å². The second-order valence-electron chi connectivity index (χ2n) is 8.30. The van der Waals surface area contributed by atoms with Crippen molar-refractivity contribution in [3.63, 3.8) is 0 Å². The van der Waals surface area contributed by atoms with Crippen molar-refractivity contribution in [2.24, 2.45) is 0 Å². The lowest BCUT2D eigenvalue weighted by Gasteiger charge is -2.26. The van der Waals surface area contributed by atoms with E-state index in [0.717, 1.165) is 16.7 Å². The van der Waals surface area contributed by atoms with E-state index in [4.69, 9.17) is 21.1 Å². The molecule has 4 rings (SSSR count). The number of halogens is 1. The molecular weight excluding hydrogens is 440 g/mol. The van der Waals surface area contributed by atoms with Crippen LogP contribution in [0.15, 0.2) is 54.6 Å². The molecule has 1 amide bonds. The number of hydrogen-bond donors (Lipinski definition) is 2. The molecule has 0 bridgehead atoms. The normalized spacial score (nSPS) is 11.5. The summed E-state index contributed by atoms with van der Waals surface area (Å²) < 4.78 is 11.1. The second kappa shape index (κ2) is 9.21. The van der Waals surface area contributed by atoms with Crippen molar-refractivity contribution >= 4 is 28.7 Å². The zero-order valence-electron chi connectivity index (χ0n) is 18.9. The van der Waals surface area contributed by atoms with E-state index < -0.39 is 5.54 Å². The van der Waals surface area contributed by atoms with Gasteiger partial charge < -0.3 is 19.8 Å². The maximum absolute atomic E-state index is 11.4. The van der Waals surface area contributed by atoms with Crippen LogP contribution in [0.2, 0.25) is 5.02 Å². The van der Waals surface area contributed by atoms with E-state index >= 15 is 0 Å². The standard InChI is InChI=1S/C25H25ClN4O3/c1-15(31)30-25(2,3)18-8-10-19(11-9-18)33-24-27-21-13-20(26)22(28-23(21)29-24)17-7-5-6-16(12-17)14-32-4/h5-13H,14H2,1-4H3,(H,30,31)(H,27,28,29). The summed E-state index contributed by atoms with van der Waals surface area (Å²) in [6.07, 6.45) is 0. The fourth-order valence-corrected chi connectivity index (χ4v) is 3.95. The van der Waals surface area contributed by atoms with Crippen molar-refractivity contribution in [2.45, 2.75) is 32.9 Å². The highest BCUT2D eigenvalue weighted by Gasteiger charge is 2.21. The molecule has 7 nitrogen and oxygen atoms in total. The molecule has 2 heterocycles. The third-order valence-electron chi connectivity index (χ3n) is 5.20. The molecule has 0 spiro atoms. The van der Waals surface area contributed by atoms with Crippen molar-refractivity contribution in [1.82, 2.24) is 20.3 Å². The first-order chi connectivity index (χ1) is 15.7. The number of rotatable bonds is 7. The number of H-pyrrole nitrogens is 1. The number of imidazole rings is 1. The molecule has 0 saturated carbocycles. The predicted octanol–water partition coefficient (Wildman–Crippen LogP) is 5.59. The van der Waals surface area contributed by atoms with Crippen molar-refractivity contribution in [2.75, 3.05) is 7.11 Å². The molecule has 0 aliphatic rings. The van der Waals surface area contributed by atoms with Crippen LogP contribution >= 0.6 is 11.6 Å². The highest BCUT2D eigenvalue weighted by Crippen LogP contribution is 2.31. The number of amides is 1. The van der Waals surface area contributed by atoms with Gasteiger partial charge in [0.2, 0.25) is 5.91 Å². The number of pyridine rings is 1. The second-order valence-corrected chi connectivity index (χ2v) is 8.71. The summed E-state index contributed by atoms with van der Waals surface area (Å²) >= 11 is 6.52. The highest BCUT2D eigenvalue weighted by molar-refractivity contribution is 6.33. The summed E-state index contributed by atoms with van der Waals surface area (Å²) in [5.41, 5.74) is 4.22. The smallest absolute Gasteiger partial charge is 0.301 e. The van der Waals surface area contributed by atoms with Gasteiger partial charge in [0.05, 0.1) is 28.4 Å². The Bertz CT molecular complexity index is 1300. The van der Waals surface area contributed by atoms with Gasteiger partial charge in [0.15, 0.2) is 5.65 Å². The number of aromatic amines is 1. The molecule has 0 aliphatic heterocycles. The molecule has 170 valence electrons. The van der Waals surface area contributed by atoms with E-state index in [1.54, 1.807) is 13.2 Å². The first kappa shape index (κ1) is 22.8. The number of aromatic nitrogens is 3. The average Bonchev–Trinajstić information content (AvgIpc) is 3.14. The van der Waals surface area contributed by atoms with E-state index in [0.29, 0.717) is 40.2 Å². The minimum atomic E-state index is -0.485. The van der Waals surface area contributed by atoms with E-state index in [-0.39, 0.29) is 5.91 Å². The van der Waals surface area contributed by atoms with Crippen LogP contribution in [0.5, 0.6) is 11.8 Å². The van der Waals surface area contributed by atoms with E-state index in [1.165, 1.54) is 6.92 Å². The van der Waals surface area contributed by atoms with Crippen LogP contribution in [0, 0.1) is 0 Å². The Morgan fingerprint density at radius 1 is 1.12 bits per heavy atom. The summed E-state index contributed by atoms with van der Waals surface area (Å²) in [6.45, 7) is 5.90. The first-order valence-electron chi connectivity index (χ1n) is 10.5. The van der Waals surface area contributed by atoms with Crippen LogP contribution in [0.25, 0.3) is 22.4 Å². The topological polar surface area (TPSA) is 89.1 Å². The van der Waals surface area contributed by atoms with Gasteiger partial charge in [-0.05, 0) is 49.2 Å². The minimum absolute atomic E-state index is 0.0847. The Hall–Kier alpha value is -3.42. The monoisotopic (exact) mass is 464 g/mol. The number of carbonyl (C=O) groups is 1. The van der Waals surface area contributed by atoms with Gasteiger partial charge in [0.1, 0.15) is 5.75 Å². The number of benzene rings is 2.